The van der Waals surface area contributed by atoms with Gasteiger partial charge in [-0.1, -0.05) is 11.6 Å². The molecule has 0 aliphatic carbocycles. The molecule has 0 saturated carbocycles. The molecule has 0 bridgehead atoms. The Labute approximate surface area is 197 Å². The van der Waals surface area contributed by atoms with Crippen molar-refractivity contribution in [1.29, 1.82) is 0 Å². The van der Waals surface area contributed by atoms with Gasteiger partial charge < -0.3 is 29.2 Å². The summed E-state index contributed by atoms with van der Waals surface area (Å²) >= 11 is 6.48. The molecule has 1 saturated heterocycles. The standard InChI is InChI=1S/C24H28ClN3O5/c1-3-31-20-11-15(12-21(22(20)25)32-4-2)14-28(17-7-9-26-10-8-17)24-27-18-13-16(23(29)30)5-6-19(18)33-24/h5-6,11-13,17,26H,3-4,7-10,14H2,1-2H3,(H,29,30). The zero-order valence-corrected chi connectivity index (χ0v) is 19.5. The quantitative estimate of drug-likeness (QED) is 0.460. The minimum absolute atomic E-state index is 0.177. The summed E-state index contributed by atoms with van der Waals surface area (Å²) in [5.74, 6) is 0.160. The van der Waals surface area contributed by atoms with Crippen LogP contribution in [0.3, 0.4) is 0 Å². The summed E-state index contributed by atoms with van der Waals surface area (Å²) in [5, 5.41) is 13.2. The normalized spacial score (nSPS) is 14.4. The van der Waals surface area contributed by atoms with E-state index in [1.165, 1.54) is 12.1 Å². The van der Waals surface area contributed by atoms with E-state index in [9.17, 15) is 9.90 Å². The van der Waals surface area contributed by atoms with Crippen molar-refractivity contribution < 1.29 is 23.8 Å². The number of hydrogen-bond acceptors (Lipinski definition) is 7. The van der Waals surface area contributed by atoms with Gasteiger partial charge in [0.1, 0.15) is 22.0 Å². The molecule has 0 atom stereocenters. The van der Waals surface area contributed by atoms with E-state index in [0.29, 0.717) is 53.4 Å². The van der Waals surface area contributed by atoms with Gasteiger partial charge in [0.2, 0.25) is 0 Å². The number of nitrogens with zero attached hydrogens (tertiary/aromatic N) is 2. The summed E-state index contributed by atoms with van der Waals surface area (Å²) in [6.45, 7) is 7.12. The number of oxazole rings is 1. The van der Waals surface area contributed by atoms with Gasteiger partial charge in [0.05, 0.1) is 18.8 Å². The Morgan fingerprint density at radius 3 is 2.45 bits per heavy atom. The summed E-state index contributed by atoms with van der Waals surface area (Å²) in [7, 11) is 0. The van der Waals surface area contributed by atoms with E-state index in [2.05, 4.69) is 15.2 Å². The molecular weight excluding hydrogens is 446 g/mol. The lowest BCUT2D eigenvalue weighted by Gasteiger charge is -2.33. The van der Waals surface area contributed by atoms with Gasteiger partial charge in [-0.05, 0) is 75.7 Å². The molecule has 1 fully saturated rings. The minimum Gasteiger partial charge on any atom is -0.492 e. The van der Waals surface area contributed by atoms with Crippen LogP contribution >= 0.6 is 11.6 Å². The van der Waals surface area contributed by atoms with Crippen molar-refractivity contribution in [2.45, 2.75) is 39.3 Å². The Kier molecular flexibility index (Phi) is 7.25. The molecule has 33 heavy (non-hydrogen) atoms. The van der Waals surface area contributed by atoms with Crippen molar-refractivity contribution in [3.05, 3.63) is 46.5 Å². The van der Waals surface area contributed by atoms with Crippen LogP contribution in [-0.2, 0) is 6.54 Å². The highest BCUT2D eigenvalue weighted by Gasteiger charge is 2.26. The summed E-state index contributed by atoms with van der Waals surface area (Å²) < 4.78 is 17.6. The molecule has 1 aliphatic rings. The predicted molar refractivity (Wildman–Crippen MR) is 127 cm³/mol. The van der Waals surface area contributed by atoms with Gasteiger partial charge >= 0.3 is 5.97 Å². The first-order valence-electron chi connectivity index (χ1n) is 11.2. The van der Waals surface area contributed by atoms with Gasteiger partial charge in [-0.2, -0.15) is 4.98 Å². The van der Waals surface area contributed by atoms with Crippen molar-refractivity contribution >= 4 is 34.7 Å². The molecule has 2 heterocycles. The Hall–Kier alpha value is -2.97. The zero-order valence-electron chi connectivity index (χ0n) is 18.8. The van der Waals surface area contributed by atoms with E-state index >= 15 is 0 Å². The van der Waals surface area contributed by atoms with Gasteiger partial charge in [0.25, 0.3) is 6.01 Å². The third kappa shape index (κ3) is 5.17. The van der Waals surface area contributed by atoms with Crippen LogP contribution in [0.15, 0.2) is 34.7 Å². The largest absolute Gasteiger partial charge is 0.492 e. The predicted octanol–water partition coefficient (Wildman–Crippen LogP) is 4.74. The molecule has 3 aromatic rings. The SMILES string of the molecule is CCOc1cc(CN(c2nc3cc(C(=O)O)ccc3o2)C2CCNCC2)cc(OCC)c1Cl. The van der Waals surface area contributed by atoms with Crippen molar-refractivity contribution in [2.24, 2.45) is 0 Å². The summed E-state index contributed by atoms with van der Waals surface area (Å²) in [6, 6.07) is 9.23. The number of hydrogen-bond donors (Lipinski definition) is 2. The highest BCUT2D eigenvalue weighted by Crippen LogP contribution is 2.37. The highest BCUT2D eigenvalue weighted by molar-refractivity contribution is 6.33. The van der Waals surface area contributed by atoms with E-state index in [1.54, 1.807) is 6.07 Å². The molecule has 4 rings (SSSR count). The Morgan fingerprint density at radius 1 is 1.18 bits per heavy atom. The molecule has 1 aliphatic heterocycles. The molecule has 0 spiro atoms. The topological polar surface area (TPSA) is 97.1 Å². The summed E-state index contributed by atoms with van der Waals surface area (Å²) in [6.07, 6.45) is 1.87. The first kappa shape index (κ1) is 23.2. The number of rotatable bonds is 9. The third-order valence-corrected chi connectivity index (χ3v) is 6.01. The van der Waals surface area contributed by atoms with Gasteiger partial charge in [-0.3, -0.25) is 0 Å². The number of carbonyl (C=O) groups is 1. The number of halogens is 1. The van der Waals surface area contributed by atoms with Crippen LogP contribution in [0, 0.1) is 0 Å². The molecule has 2 aromatic carbocycles. The first-order chi connectivity index (χ1) is 16.0. The maximum atomic E-state index is 11.4. The molecule has 176 valence electrons. The Morgan fingerprint density at radius 2 is 1.85 bits per heavy atom. The second-order valence-electron chi connectivity index (χ2n) is 7.87. The fraction of sp³-hybridized carbons (Fsp3) is 0.417. The maximum absolute atomic E-state index is 11.4. The zero-order chi connectivity index (χ0) is 23.4. The minimum atomic E-state index is -0.996. The molecule has 0 unspecified atom stereocenters. The third-order valence-electron chi connectivity index (χ3n) is 5.64. The molecule has 9 heteroatoms. The van der Waals surface area contributed by atoms with Crippen molar-refractivity contribution in [3.63, 3.8) is 0 Å². The molecule has 8 nitrogen and oxygen atoms in total. The van der Waals surface area contributed by atoms with Crippen LogP contribution in [0.5, 0.6) is 11.5 Å². The Bertz CT molecular complexity index is 1100. The second kappa shape index (κ2) is 10.3. The van der Waals surface area contributed by atoms with Crippen LogP contribution < -0.4 is 19.7 Å². The van der Waals surface area contributed by atoms with Crippen LogP contribution in [0.2, 0.25) is 5.02 Å². The van der Waals surface area contributed by atoms with E-state index in [0.717, 1.165) is 31.5 Å². The second-order valence-corrected chi connectivity index (χ2v) is 8.24. The van der Waals surface area contributed by atoms with E-state index in [-0.39, 0.29) is 11.6 Å². The lowest BCUT2D eigenvalue weighted by Crippen LogP contribution is -2.43. The highest BCUT2D eigenvalue weighted by atomic mass is 35.5. The molecule has 0 amide bonds. The number of ether oxygens (including phenoxy) is 2. The van der Waals surface area contributed by atoms with Crippen molar-refractivity contribution in [3.8, 4) is 11.5 Å². The summed E-state index contributed by atoms with van der Waals surface area (Å²) in [4.78, 5) is 18.1. The molecular formula is C24H28ClN3O5. The van der Waals surface area contributed by atoms with E-state index in [1.807, 2.05) is 26.0 Å². The number of benzene rings is 2. The average molecular weight is 474 g/mol. The monoisotopic (exact) mass is 473 g/mol. The molecule has 2 N–H and O–H groups in total. The Balaban J connectivity index is 1.72. The molecule has 0 radical (unpaired) electrons. The first-order valence-corrected chi connectivity index (χ1v) is 11.6. The summed E-state index contributed by atoms with van der Waals surface area (Å²) in [5.41, 5.74) is 2.20. The van der Waals surface area contributed by atoms with Gasteiger partial charge in [-0.25, -0.2) is 4.79 Å². The number of aromatic carboxylic acids is 1. The van der Waals surface area contributed by atoms with Crippen LogP contribution in [0.4, 0.5) is 6.01 Å². The van der Waals surface area contributed by atoms with Crippen molar-refractivity contribution in [1.82, 2.24) is 10.3 Å². The fourth-order valence-electron chi connectivity index (χ4n) is 4.08. The lowest BCUT2D eigenvalue weighted by atomic mass is 10.0. The maximum Gasteiger partial charge on any atom is 0.335 e. The van der Waals surface area contributed by atoms with Crippen molar-refractivity contribution in [2.75, 3.05) is 31.2 Å². The van der Waals surface area contributed by atoms with Crippen LogP contribution in [0.25, 0.3) is 11.1 Å². The average Bonchev–Trinajstić information content (AvgIpc) is 3.24. The van der Waals surface area contributed by atoms with E-state index in [4.69, 9.17) is 25.5 Å². The van der Waals surface area contributed by atoms with Gasteiger partial charge in [0, 0.05) is 12.6 Å². The lowest BCUT2D eigenvalue weighted by molar-refractivity contribution is 0.0697. The number of carboxylic acid groups (broad SMARTS) is 1. The number of fused-ring (bicyclic) bond motifs is 1. The molecule has 1 aromatic heterocycles. The number of anilines is 1. The number of nitrogens with one attached hydrogen (secondary N) is 1. The van der Waals surface area contributed by atoms with Crippen LogP contribution in [-0.4, -0.2) is 48.4 Å². The number of aromatic nitrogens is 1. The van der Waals surface area contributed by atoms with Crippen LogP contribution in [0.1, 0.15) is 42.6 Å². The number of carboxylic acids is 1. The number of piperidine rings is 1. The van der Waals surface area contributed by atoms with E-state index < -0.39 is 5.97 Å². The smallest absolute Gasteiger partial charge is 0.335 e. The fourth-order valence-corrected chi connectivity index (χ4v) is 4.30. The van der Waals surface area contributed by atoms with Gasteiger partial charge in [-0.15, -0.1) is 0 Å². The van der Waals surface area contributed by atoms with Gasteiger partial charge in [0.15, 0.2) is 5.58 Å².